The average molecular weight is 1800 g/mol. The lowest BCUT2D eigenvalue weighted by Gasteiger charge is -2.01. The minimum atomic E-state index is -0.398. The van der Waals surface area contributed by atoms with Gasteiger partial charge in [-0.3, -0.25) is 70.0 Å². The fraction of sp³-hybridized carbons (Fsp3) is 0.554. The van der Waals surface area contributed by atoms with Crippen LogP contribution in [-0.4, -0.2) is 149 Å². The Labute approximate surface area is 782 Å². The van der Waals surface area contributed by atoms with Gasteiger partial charge in [0.15, 0.2) is 12.0 Å². The first-order valence-corrected chi connectivity index (χ1v) is 48.3. The van der Waals surface area contributed by atoms with Crippen LogP contribution in [0, 0.1) is 0 Å². The number of aliphatic imine (C=N–C) groups is 2. The summed E-state index contributed by atoms with van der Waals surface area (Å²) in [5.41, 5.74) is 6.16. The zero-order valence-electron chi connectivity index (χ0n) is 89.5. The van der Waals surface area contributed by atoms with Crippen LogP contribution in [0.2, 0.25) is 0 Å². The van der Waals surface area contributed by atoms with Gasteiger partial charge in [0.25, 0.3) is 11.8 Å². The van der Waals surface area contributed by atoms with Crippen molar-refractivity contribution in [1.29, 1.82) is 0 Å². The van der Waals surface area contributed by atoms with Crippen molar-refractivity contribution in [3.05, 3.63) is 159 Å². The minimum absolute atomic E-state index is 0.124. The van der Waals surface area contributed by atoms with Gasteiger partial charge in [0, 0.05) is 146 Å². The molecule has 27 heteroatoms. The lowest BCUT2D eigenvalue weighted by molar-refractivity contribution is -0.125. The molecule has 0 aromatic carbocycles. The Balaban J connectivity index is -0.0000000678. The Morgan fingerprint density at radius 1 is 0.352 bits per heavy atom. The zero-order valence-corrected chi connectivity index (χ0v) is 89.5. The number of oxime groups is 1. The third kappa shape index (κ3) is 105. The molecule has 0 saturated carbocycles. The number of aromatic amines is 5. The van der Waals surface area contributed by atoms with Crippen LogP contribution < -0.4 is 26.6 Å². The van der Waals surface area contributed by atoms with Gasteiger partial charge in [-0.25, -0.2) is 14.8 Å². The van der Waals surface area contributed by atoms with Crippen molar-refractivity contribution in [3.63, 3.8) is 0 Å². The highest BCUT2D eigenvalue weighted by Crippen LogP contribution is 2.10. The van der Waals surface area contributed by atoms with Crippen LogP contribution >= 0.6 is 0 Å². The van der Waals surface area contributed by atoms with E-state index in [2.05, 4.69) is 91.0 Å². The molecule has 10 aromatic heterocycles. The van der Waals surface area contributed by atoms with Crippen LogP contribution in [0.25, 0.3) is 54.9 Å². The molecule has 16 heterocycles. The Bertz CT molecular complexity index is 3060. The number of amides is 7. The first kappa shape index (κ1) is 157. The van der Waals surface area contributed by atoms with Gasteiger partial charge in [0.1, 0.15) is 12.3 Å². The highest BCUT2D eigenvalue weighted by Gasteiger charge is 2.16. The number of nitrogens with zero attached hydrogens (tertiary/aromatic N) is 9. The quantitative estimate of drug-likeness (QED) is 0.0498. The molecule has 16 rings (SSSR count). The molecule has 0 aliphatic carbocycles. The first-order chi connectivity index (χ1) is 63.2. The largest absolute Gasteiger partial charge is 0.483 e. The third-order valence-corrected chi connectivity index (χ3v) is 10.9. The summed E-state index contributed by atoms with van der Waals surface area (Å²) in [5, 5.41) is 26.2. The van der Waals surface area contributed by atoms with E-state index in [1.54, 1.807) is 49.7 Å². The number of hydrogen-bond acceptors (Lipinski definition) is 18. The zero-order chi connectivity index (χ0) is 103. The maximum Gasteiger partial charge on any atom is 0.321 e. The van der Waals surface area contributed by atoms with Gasteiger partial charge in [0.2, 0.25) is 17.7 Å². The Hall–Kier alpha value is -11.3. The van der Waals surface area contributed by atoms with Crippen LogP contribution in [0.4, 0.5) is 4.79 Å². The van der Waals surface area contributed by atoms with Crippen LogP contribution in [0.3, 0.4) is 0 Å². The summed E-state index contributed by atoms with van der Waals surface area (Å²) in [4.78, 5) is 105. The fourth-order valence-electron chi connectivity index (χ4n) is 6.83. The van der Waals surface area contributed by atoms with Gasteiger partial charge in [-0.15, -0.1) is 0 Å². The standard InChI is InChI=1S/4C7H6N2.C6H5N3.C4H8N2.C4H5NO2.C4H3NO2.2C4H7NO.C3H4N2O2.22C2H6/c1-4-9-7-2-3-8-5-6(1)7;1-3-8-5-7-6(1)2-4-9-7;1-2-6-7(8-4-1)3-5-9-6;1-2-6-3-5-9-7(6)8-4-1;1-2-5-4-8-9-6(5)7-3-1;1-2-5-4-6-3-1;2*6-3-1-2-4(7)5-3;1-2-5-4-6-3-1;1-2-4-6-5-3-1;6-2-1-4-3(7)5-2;22*1-2/h3*1-5,9H;1-5H,(H,8,9);1-4H,(H,7,8,9);4H,1-3H2,(H,5,6);1-2H2,(H,5,6,7);1-2H,(H,5,6,7);4H,1-3H2;3H,1-2,4H2;1H2,(H2,4,5,6,7);22*1-2H3. The molecular weight excluding hydrogens is 1610 g/mol. The number of rotatable bonds is 0. The molecule has 128 heavy (non-hydrogen) atoms. The molecule has 2 fully saturated rings. The van der Waals surface area contributed by atoms with Gasteiger partial charge >= 0.3 is 6.03 Å². The van der Waals surface area contributed by atoms with Gasteiger partial charge in [-0.05, 0) is 92.1 Å². The number of pyridine rings is 5. The normalized spacial score (nSPS) is 10.5. The molecule has 2 saturated heterocycles. The fourth-order valence-corrected chi connectivity index (χ4v) is 6.83. The van der Waals surface area contributed by atoms with E-state index in [1.165, 1.54) is 30.4 Å². The number of fused-ring (bicyclic) bond motifs is 5. The number of carbonyl (C=O) groups is 6. The van der Waals surface area contributed by atoms with E-state index in [-0.39, 0.29) is 36.1 Å². The van der Waals surface area contributed by atoms with Crippen LogP contribution in [0.5, 0.6) is 0 Å². The monoisotopic (exact) mass is 1800 g/mol. The highest BCUT2D eigenvalue weighted by molar-refractivity contribution is 6.12. The lowest BCUT2D eigenvalue weighted by Crippen LogP contribution is -2.22. The molecule has 0 atom stereocenters. The maximum absolute atomic E-state index is 10.1. The molecule has 7 amide bonds. The average Bonchev–Trinajstić information content (AvgIpc) is 1.77. The summed E-state index contributed by atoms with van der Waals surface area (Å²) < 4.78 is 4.78. The number of aromatic nitrogens is 11. The number of hydrogen-bond donors (Lipinski definition) is 10. The summed E-state index contributed by atoms with van der Waals surface area (Å²) in [7, 11) is 0. The maximum atomic E-state index is 10.1. The van der Waals surface area contributed by atoms with Crippen molar-refractivity contribution in [1.82, 2.24) is 81.6 Å². The summed E-state index contributed by atoms with van der Waals surface area (Å²) in [6, 6.07) is 23.2. The topological polar surface area (TPSA) is 374 Å². The van der Waals surface area contributed by atoms with E-state index in [0.29, 0.717) is 12.8 Å². The first-order valence-electron chi connectivity index (χ1n) is 48.3. The Morgan fingerprint density at radius 3 is 1.14 bits per heavy atom. The van der Waals surface area contributed by atoms with Crippen LogP contribution in [0.15, 0.2) is 174 Å². The lowest BCUT2D eigenvalue weighted by atomic mass is 10.3. The molecule has 0 unspecified atom stereocenters. The predicted octanol–water partition coefficient (Wildman–Crippen LogP) is 28.5. The van der Waals surface area contributed by atoms with Crippen molar-refractivity contribution in [2.75, 3.05) is 39.4 Å². The van der Waals surface area contributed by atoms with Gasteiger partial charge in [0.05, 0.1) is 48.4 Å². The smallest absolute Gasteiger partial charge is 0.321 e. The molecule has 6 aliphatic rings. The SMILES string of the molecule is C1=NCCCN1.C1=NCCCO1.C1=NOCCC1.CC.CC.CC.CC.CC.CC.CC.CC.CC.CC.CC.CC.CC.CC.CC.CC.CC.CC.CC.CC.CC.CC.O=C1C=CC(=O)N1.O=C1CCC(=O)N1.O=C1CNC(=O)N1.c1cc2[nH]ccc2cn1.c1cc2cc[nH]c2cn1.c1cnc2[nH]ccc2c1.c1cnc2[nH]ncc2c1.c1cnc2cc[nH]c2c1. The summed E-state index contributed by atoms with van der Waals surface area (Å²) in [6.07, 6.45) is 34.6. The molecule has 0 radical (unpaired) electrons. The van der Waals surface area contributed by atoms with E-state index < -0.39 is 6.03 Å². The summed E-state index contributed by atoms with van der Waals surface area (Å²) in [6.45, 7) is 92.8. The molecule has 10 aromatic rings. The molecule has 27 nitrogen and oxygen atoms in total. The number of ether oxygens (including phenoxy) is 1. The van der Waals surface area contributed by atoms with Gasteiger partial charge in [-0.1, -0.05) is 310 Å². The van der Waals surface area contributed by atoms with Crippen molar-refractivity contribution < 1.29 is 38.3 Å². The molecule has 742 valence electrons. The minimum Gasteiger partial charge on any atom is -0.483 e. The second kappa shape index (κ2) is 156. The third-order valence-electron chi connectivity index (χ3n) is 10.9. The van der Waals surface area contributed by atoms with E-state index in [4.69, 9.17) is 4.74 Å². The van der Waals surface area contributed by atoms with E-state index >= 15 is 0 Å². The van der Waals surface area contributed by atoms with Crippen LogP contribution in [-0.2, 0) is 33.5 Å². The number of urea groups is 1. The van der Waals surface area contributed by atoms with Crippen molar-refractivity contribution in [2.45, 2.75) is 343 Å². The summed E-state index contributed by atoms with van der Waals surface area (Å²) in [5.74, 6) is -1.21. The van der Waals surface area contributed by atoms with Crippen molar-refractivity contribution in [3.8, 4) is 0 Å². The Morgan fingerprint density at radius 2 is 0.805 bits per heavy atom. The molecule has 6 aliphatic heterocycles. The van der Waals surface area contributed by atoms with Gasteiger partial charge < -0.3 is 40.1 Å². The molecule has 0 bridgehead atoms. The van der Waals surface area contributed by atoms with E-state index in [1.807, 2.05) is 425 Å². The van der Waals surface area contributed by atoms with Crippen LogP contribution in [0.1, 0.15) is 343 Å². The predicted molar refractivity (Wildman–Crippen MR) is 568 cm³/mol. The highest BCUT2D eigenvalue weighted by atomic mass is 16.6. The Kier molecular flexibility index (Phi) is 192. The number of imide groups is 3. The van der Waals surface area contributed by atoms with Gasteiger partial charge in [-0.2, -0.15) is 5.10 Å². The number of H-pyrrole nitrogens is 5. The second-order valence-electron chi connectivity index (χ2n) is 17.3. The van der Waals surface area contributed by atoms with Crippen molar-refractivity contribution >= 4 is 109 Å². The molecular formula is C101H195N19O8. The number of nitrogens with one attached hydrogen (secondary N) is 10. The second-order valence-corrected chi connectivity index (χ2v) is 17.3. The van der Waals surface area contributed by atoms with E-state index in [0.717, 1.165) is 102 Å². The summed E-state index contributed by atoms with van der Waals surface area (Å²) >= 11 is 0. The molecule has 10 N–H and O–H groups in total. The molecule has 0 spiro atoms. The van der Waals surface area contributed by atoms with Crippen molar-refractivity contribution in [2.24, 2.45) is 15.1 Å². The number of carbonyl (C=O) groups excluding carboxylic acids is 6. The van der Waals surface area contributed by atoms with E-state index in [9.17, 15) is 28.8 Å².